The van der Waals surface area contributed by atoms with E-state index < -0.39 is 24.0 Å². The number of methoxy groups -OCH3 is 1. The van der Waals surface area contributed by atoms with Crippen LogP contribution in [0.2, 0.25) is 0 Å². The van der Waals surface area contributed by atoms with Gasteiger partial charge in [0.15, 0.2) is 11.9 Å². The first-order valence-electron chi connectivity index (χ1n) is 8.13. The number of esters is 2. The fraction of sp³-hybridized carbons (Fsp3) is 0.500. The highest BCUT2D eigenvalue weighted by Crippen LogP contribution is 2.26. The molecule has 0 amide bonds. The standard InChI is InChI=1S/C18H23NO5/c1-12(17(21)23-2)24-18(22)15(14-9-6-10-19-11-14)16(20)13-7-4-3-5-8-13/h3-5,7-8,12,14-15,19H,6,9-11H2,1-2H3/t12-,14+,15-/m1/s1. The Kier molecular flexibility index (Phi) is 6.49. The first-order valence-corrected chi connectivity index (χ1v) is 8.13. The predicted octanol–water partition coefficient (Wildman–Crippen LogP) is 1.59. The van der Waals surface area contributed by atoms with Gasteiger partial charge in [-0.3, -0.25) is 9.59 Å². The largest absolute Gasteiger partial charge is 0.466 e. The van der Waals surface area contributed by atoms with E-state index in [-0.39, 0.29) is 11.7 Å². The maximum absolute atomic E-state index is 12.9. The molecule has 0 aromatic heterocycles. The Bertz CT molecular complexity index is 580. The summed E-state index contributed by atoms with van der Waals surface area (Å²) < 4.78 is 9.77. The van der Waals surface area contributed by atoms with Gasteiger partial charge < -0.3 is 14.8 Å². The summed E-state index contributed by atoms with van der Waals surface area (Å²) >= 11 is 0. The van der Waals surface area contributed by atoms with E-state index in [1.54, 1.807) is 24.3 Å². The normalized spacial score (nSPS) is 19.8. The van der Waals surface area contributed by atoms with Gasteiger partial charge in [-0.25, -0.2) is 4.79 Å². The number of ketones is 1. The van der Waals surface area contributed by atoms with E-state index in [2.05, 4.69) is 10.1 Å². The summed E-state index contributed by atoms with van der Waals surface area (Å²) in [6.07, 6.45) is 0.617. The molecule has 0 bridgehead atoms. The molecule has 1 saturated heterocycles. The first kappa shape index (κ1) is 18.1. The molecule has 2 rings (SSSR count). The number of ether oxygens (including phenoxy) is 2. The van der Waals surface area contributed by atoms with Gasteiger partial charge in [-0.1, -0.05) is 30.3 Å². The van der Waals surface area contributed by atoms with Crippen LogP contribution in [0.1, 0.15) is 30.1 Å². The summed E-state index contributed by atoms with van der Waals surface area (Å²) in [5.41, 5.74) is 0.468. The van der Waals surface area contributed by atoms with Crippen molar-refractivity contribution in [3.8, 4) is 0 Å². The van der Waals surface area contributed by atoms with Crippen molar-refractivity contribution in [2.45, 2.75) is 25.9 Å². The second-order valence-electron chi connectivity index (χ2n) is 5.92. The van der Waals surface area contributed by atoms with Crippen LogP contribution in [0, 0.1) is 11.8 Å². The van der Waals surface area contributed by atoms with Gasteiger partial charge >= 0.3 is 11.9 Å². The third kappa shape index (κ3) is 4.41. The van der Waals surface area contributed by atoms with Crippen molar-refractivity contribution in [2.75, 3.05) is 20.2 Å². The number of Topliss-reactive ketones (excluding diaryl/α,β-unsaturated/α-hetero) is 1. The van der Waals surface area contributed by atoms with Crippen molar-refractivity contribution in [3.63, 3.8) is 0 Å². The van der Waals surface area contributed by atoms with Gasteiger partial charge in [-0.2, -0.15) is 0 Å². The summed E-state index contributed by atoms with van der Waals surface area (Å²) in [6.45, 7) is 2.88. The van der Waals surface area contributed by atoms with Gasteiger partial charge in [0.05, 0.1) is 7.11 Å². The lowest BCUT2D eigenvalue weighted by Crippen LogP contribution is -2.43. The Morgan fingerprint density at radius 3 is 2.46 bits per heavy atom. The summed E-state index contributed by atoms with van der Waals surface area (Å²) in [6, 6.07) is 8.69. The van der Waals surface area contributed by atoms with Crippen molar-refractivity contribution in [1.82, 2.24) is 5.32 Å². The van der Waals surface area contributed by atoms with Crippen LogP contribution in [-0.4, -0.2) is 44.0 Å². The molecular weight excluding hydrogens is 310 g/mol. The zero-order chi connectivity index (χ0) is 17.5. The number of piperidine rings is 1. The first-order chi connectivity index (χ1) is 11.5. The van der Waals surface area contributed by atoms with E-state index >= 15 is 0 Å². The Morgan fingerprint density at radius 1 is 1.17 bits per heavy atom. The van der Waals surface area contributed by atoms with Crippen LogP contribution in [0.3, 0.4) is 0 Å². The molecule has 1 aliphatic heterocycles. The average Bonchev–Trinajstić information content (AvgIpc) is 2.62. The molecule has 0 unspecified atom stereocenters. The Hall–Kier alpha value is -2.21. The van der Waals surface area contributed by atoms with Crippen LogP contribution in [0.5, 0.6) is 0 Å². The van der Waals surface area contributed by atoms with E-state index in [1.165, 1.54) is 14.0 Å². The smallest absolute Gasteiger partial charge is 0.346 e. The minimum Gasteiger partial charge on any atom is -0.466 e. The van der Waals surface area contributed by atoms with E-state index in [0.29, 0.717) is 12.1 Å². The Balaban J connectivity index is 2.20. The number of rotatable bonds is 6. The van der Waals surface area contributed by atoms with Gasteiger partial charge in [0.2, 0.25) is 0 Å². The molecule has 1 aromatic carbocycles. The molecule has 1 N–H and O–H groups in total. The van der Waals surface area contributed by atoms with Crippen molar-refractivity contribution in [2.24, 2.45) is 11.8 Å². The van der Waals surface area contributed by atoms with Crippen molar-refractivity contribution < 1.29 is 23.9 Å². The van der Waals surface area contributed by atoms with Crippen LogP contribution in [0.4, 0.5) is 0 Å². The van der Waals surface area contributed by atoms with Crippen LogP contribution >= 0.6 is 0 Å². The molecule has 1 aliphatic rings. The van der Waals surface area contributed by atoms with E-state index in [1.807, 2.05) is 6.07 Å². The lowest BCUT2D eigenvalue weighted by Gasteiger charge is -2.29. The summed E-state index contributed by atoms with van der Waals surface area (Å²) in [5.74, 6) is -2.66. The lowest BCUT2D eigenvalue weighted by atomic mass is 9.81. The van der Waals surface area contributed by atoms with Gasteiger partial charge in [-0.05, 0) is 38.8 Å². The number of hydrogen-bond acceptors (Lipinski definition) is 6. The molecule has 3 atom stereocenters. The van der Waals surface area contributed by atoms with Gasteiger partial charge in [0, 0.05) is 5.56 Å². The van der Waals surface area contributed by atoms with Gasteiger partial charge in [-0.15, -0.1) is 0 Å². The molecule has 6 heteroatoms. The molecule has 6 nitrogen and oxygen atoms in total. The number of benzene rings is 1. The van der Waals surface area contributed by atoms with Crippen molar-refractivity contribution in [1.29, 1.82) is 0 Å². The predicted molar refractivity (Wildman–Crippen MR) is 87.4 cm³/mol. The van der Waals surface area contributed by atoms with E-state index in [4.69, 9.17) is 4.74 Å². The monoisotopic (exact) mass is 333 g/mol. The molecule has 0 aliphatic carbocycles. The maximum atomic E-state index is 12.9. The molecule has 1 aromatic rings. The molecule has 1 fully saturated rings. The number of carbonyl (C=O) groups excluding carboxylic acids is 3. The minimum atomic E-state index is -1.04. The number of carbonyl (C=O) groups is 3. The lowest BCUT2D eigenvalue weighted by molar-refractivity contribution is -0.167. The second-order valence-corrected chi connectivity index (χ2v) is 5.92. The van der Waals surface area contributed by atoms with Crippen LogP contribution in [0.15, 0.2) is 30.3 Å². The molecule has 130 valence electrons. The maximum Gasteiger partial charge on any atom is 0.346 e. The Morgan fingerprint density at radius 2 is 1.88 bits per heavy atom. The fourth-order valence-electron chi connectivity index (χ4n) is 2.92. The third-order valence-corrected chi connectivity index (χ3v) is 4.23. The highest BCUT2D eigenvalue weighted by atomic mass is 16.6. The van der Waals surface area contributed by atoms with Crippen molar-refractivity contribution >= 4 is 17.7 Å². The molecule has 0 radical (unpaired) electrons. The van der Waals surface area contributed by atoms with Gasteiger partial charge in [0.25, 0.3) is 0 Å². The van der Waals surface area contributed by atoms with Gasteiger partial charge in [0.1, 0.15) is 5.92 Å². The van der Waals surface area contributed by atoms with Crippen LogP contribution in [0.25, 0.3) is 0 Å². The van der Waals surface area contributed by atoms with Crippen LogP contribution < -0.4 is 5.32 Å². The number of hydrogen-bond donors (Lipinski definition) is 1. The zero-order valence-electron chi connectivity index (χ0n) is 14.0. The van der Waals surface area contributed by atoms with Crippen LogP contribution in [-0.2, 0) is 19.1 Å². The summed E-state index contributed by atoms with van der Waals surface area (Å²) in [7, 11) is 1.23. The second kappa shape index (κ2) is 8.59. The highest BCUT2D eigenvalue weighted by Gasteiger charge is 2.38. The molecular formula is C18H23NO5. The summed E-state index contributed by atoms with van der Waals surface area (Å²) in [4.78, 5) is 37.0. The quantitative estimate of drug-likeness (QED) is 0.484. The average molecular weight is 333 g/mol. The minimum absolute atomic E-state index is 0.149. The van der Waals surface area contributed by atoms with E-state index in [0.717, 1.165) is 19.4 Å². The fourth-order valence-corrected chi connectivity index (χ4v) is 2.92. The zero-order valence-corrected chi connectivity index (χ0v) is 14.0. The Labute approximate surface area is 141 Å². The topological polar surface area (TPSA) is 81.7 Å². The number of nitrogens with one attached hydrogen (secondary N) is 1. The molecule has 0 saturated carbocycles. The molecule has 1 heterocycles. The molecule has 24 heavy (non-hydrogen) atoms. The third-order valence-electron chi connectivity index (χ3n) is 4.23. The SMILES string of the molecule is COC(=O)[C@@H](C)OC(=O)[C@@H](C(=O)c1ccccc1)[C@H]1CCCNC1. The highest BCUT2D eigenvalue weighted by molar-refractivity contribution is 6.09. The van der Waals surface area contributed by atoms with E-state index in [9.17, 15) is 14.4 Å². The summed E-state index contributed by atoms with van der Waals surface area (Å²) in [5, 5.41) is 3.21. The molecule has 0 spiro atoms. The van der Waals surface area contributed by atoms with Crippen molar-refractivity contribution in [3.05, 3.63) is 35.9 Å².